The molecule has 1 heterocycles. The summed E-state index contributed by atoms with van der Waals surface area (Å²) >= 11 is 9.30. The van der Waals surface area contributed by atoms with Crippen LogP contribution in [0.1, 0.15) is 6.92 Å². The lowest BCUT2D eigenvalue weighted by Gasteiger charge is -2.07. The number of halogens is 2. The van der Waals surface area contributed by atoms with E-state index in [2.05, 4.69) is 20.9 Å². The van der Waals surface area contributed by atoms with Crippen LogP contribution in [0.15, 0.2) is 38.3 Å². The molecule has 94 valence electrons. The molecule has 2 aromatic rings. The number of nitrogens with zero attached hydrogens (tertiary/aromatic N) is 1. The van der Waals surface area contributed by atoms with Crippen LogP contribution >= 0.6 is 27.5 Å². The van der Waals surface area contributed by atoms with E-state index in [0.29, 0.717) is 17.7 Å². The quantitative estimate of drug-likeness (QED) is 0.861. The zero-order valence-corrected chi connectivity index (χ0v) is 11.9. The Morgan fingerprint density at radius 2 is 2.11 bits per heavy atom. The van der Waals surface area contributed by atoms with Crippen molar-refractivity contribution >= 4 is 27.5 Å². The largest absolute Gasteiger partial charge is 0.329 e. The smallest absolute Gasteiger partial charge is 0.297 e. The van der Waals surface area contributed by atoms with Crippen molar-refractivity contribution in [2.45, 2.75) is 13.5 Å². The van der Waals surface area contributed by atoms with Crippen LogP contribution in [0.4, 0.5) is 0 Å². The Labute approximate surface area is 116 Å². The van der Waals surface area contributed by atoms with E-state index in [4.69, 9.17) is 11.6 Å². The SMILES string of the molecule is CCn1c(=O)[nH]c(Cl)c(-c2cccc(Br)c2)c1=O. The van der Waals surface area contributed by atoms with E-state index < -0.39 is 5.69 Å². The maximum absolute atomic E-state index is 12.2. The molecule has 0 unspecified atom stereocenters. The van der Waals surface area contributed by atoms with Crippen LogP contribution in [0.25, 0.3) is 11.1 Å². The van der Waals surface area contributed by atoms with Gasteiger partial charge in [0, 0.05) is 11.0 Å². The second kappa shape index (κ2) is 5.12. The molecule has 0 bridgehead atoms. The molecular formula is C12H10BrClN2O2. The monoisotopic (exact) mass is 328 g/mol. The minimum Gasteiger partial charge on any atom is -0.297 e. The van der Waals surface area contributed by atoms with Crippen molar-refractivity contribution in [1.82, 2.24) is 9.55 Å². The summed E-state index contributed by atoms with van der Waals surface area (Å²) in [5.41, 5.74) is 0.0906. The third-order valence-electron chi connectivity index (χ3n) is 2.57. The van der Waals surface area contributed by atoms with Crippen molar-refractivity contribution in [3.8, 4) is 11.1 Å². The second-order valence-corrected chi connectivity index (χ2v) is 4.97. The van der Waals surface area contributed by atoms with E-state index in [1.807, 2.05) is 6.07 Å². The zero-order valence-electron chi connectivity index (χ0n) is 9.54. The van der Waals surface area contributed by atoms with Gasteiger partial charge < -0.3 is 0 Å². The van der Waals surface area contributed by atoms with Crippen LogP contribution in [0.3, 0.4) is 0 Å². The molecule has 1 N–H and O–H groups in total. The molecule has 0 fully saturated rings. The van der Waals surface area contributed by atoms with Crippen molar-refractivity contribution in [3.05, 3.63) is 54.7 Å². The van der Waals surface area contributed by atoms with Crippen molar-refractivity contribution in [1.29, 1.82) is 0 Å². The first kappa shape index (κ1) is 13.1. The number of aromatic amines is 1. The van der Waals surface area contributed by atoms with Crippen LogP contribution in [-0.2, 0) is 6.54 Å². The normalized spacial score (nSPS) is 10.6. The molecule has 0 radical (unpaired) electrons. The molecule has 0 saturated carbocycles. The zero-order chi connectivity index (χ0) is 13.3. The van der Waals surface area contributed by atoms with Crippen molar-refractivity contribution in [2.24, 2.45) is 0 Å². The molecule has 6 heteroatoms. The number of benzene rings is 1. The second-order valence-electron chi connectivity index (χ2n) is 3.68. The minimum atomic E-state index is -0.494. The first-order valence-electron chi connectivity index (χ1n) is 5.33. The first-order valence-corrected chi connectivity index (χ1v) is 6.50. The van der Waals surface area contributed by atoms with Gasteiger partial charge >= 0.3 is 5.69 Å². The fourth-order valence-electron chi connectivity index (χ4n) is 1.73. The summed E-state index contributed by atoms with van der Waals surface area (Å²) in [6, 6.07) is 7.20. The van der Waals surface area contributed by atoms with Crippen LogP contribution < -0.4 is 11.2 Å². The fourth-order valence-corrected chi connectivity index (χ4v) is 2.40. The van der Waals surface area contributed by atoms with Gasteiger partial charge in [0.25, 0.3) is 5.56 Å². The number of hydrogen-bond acceptors (Lipinski definition) is 2. The van der Waals surface area contributed by atoms with Gasteiger partial charge in [0.2, 0.25) is 0 Å². The van der Waals surface area contributed by atoms with Crippen LogP contribution in [-0.4, -0.2) is 9.55 Å². The summed E-state index contributed by atoms with van der Waals surface area (Å²) in [4.78, 5) is 26.2. The number of nitrogens with one attached hydrogen (secondary N) is 1. The molecule has 0 aliphatic carbocycles. The maximum Gasteiger partial charge on any atom is 0.329 e. The highest BCUT2D eigenvalue weighted by Crippen LogP contribution is 2.24. The number of H-pyrrole nitrogens is 1. The highest BCUT2D eigenvalue weighted by molar-refractivity contribution is 9.10. The lowest BCUT2D eigenvalue weighted by molar-refractivity contribution is 0.675. The molecule has 1 aromatic heterocycles. The third-order valence-corrected chi connectivity index (χ3v) is 3.35. The summed E-state index contributed by atoms with van der Waals surface area (Å²) in [6.07, 6.45) is 0. The Hall–Kier alpha value is -1.33. The summed E-state index contributed by atoms with van der Waals surface area (Å²) in [5, 5.41) is 0.0628. The van der Waals surface area contributed by atoms with Gasteiger partial charge in [-0.3, -0.25) is 14.3 Å². The Kier molecular flexibility index (Phi) is 3.73. The van der Waals surface area contributed by atoms with E-state index in [0.717, 1.165) is 9.04 Å². The summed E-state index contributed by atoms with van der Waals surface area (Å²) in [5.74, 6) is 0. The summed E-state index contributed by atoms with van der Waals surface area (Å²) < 4.78 is 1.95. The molecule has 0 spiro atoms. The molecule has 4 nitrogen and oxygen atoms in total. The topological polar surface area (TPSA) is 54.9 Å². The van der Waals surface area contributed by atoms with Gasteiger partial charge in [0.15, 0.2) is 0 Å². The number of aromatic nitrogens is 2. The molecule has 0 saturated heterocycles. The van der Waals surface area contributed by atoms with Gasteiger partial charge in [-0.1, -0.05) is 39.7 Å². The number of hydrogen-bond donors (Lipinski definition) is 1. The van der Waals surface area contributed by atoms with E-state index >= 15 is 0 Å². The molecule has 0 aliphatic heterocycles. The molecule has 1 aromatic carbocycles. The van der Waals surface area contributed by atoms with Crippen molar-refractivity contribution in [2.75, 3.05) is 0 Å². The van der Waals surface area contributed by atoms with Crippen molar-refractivity contribution in [3.63, 3.8) is 0 Å². The Morgan fingerprint density at radius 1 is 1.39 bits per heavy atom. The summed E-state index contributed by atoms with van der Waals surface area (Å²) in [6.45, 7) is 2.03. The summed E-state index contributed by atoms with van der Waals surface area (Å²) in [7, 11) is 0. The lowest BCUT2D eigenvalue weighted by Crippen LogP contribution is -2.35. The molecule has 0 atom stereocenters. The van der Waals surface area contributed by atoms with Gasteiger partial charge in [0.1, 0.15) is 5.15 Å². The van der Waals surface area contributed by atoms with Gasteiger partial charge in [-0.05, 0) is 24.6 Å². The Balaban J connectivity index is 2.80. The molecule has 2 rings (SSSR count). The standard InChI is InChI=1S/C12H10BrClN2O2/c1-2-16-11(17)9(10(14)15-12(16)18)7-4-3-5-8(13)6-7/h3-6H,2H2,1H3,(H,15,18). The molecule has 0 aliphatic rings. The highest BCUT2D eigenvalue weighted by Gasteiger charge is 2.13. The highest BCUT2D eigenvalue weighted by atomic mass is 79.9. The lowest BCUT2D eigenvalue weighted by atomic mass is 10.1. The molecular weight excluding hydrogens is 320 g/mol. The molecule has 0 amide bonds. The average molecular weight is 330 g/mol. The Bertz CT molecular complexity index is 706. The Morgan fingerprint density at radius 3 is 2.72 bits per heavy atom. The van der Waals surface area contributed by atoms with Crippen LogP contribution in [0, 0.1) is 0 Å². The van der Waals surface area contributed by atoms with E-state index in [9.17, 15) is 9.59 Å². The number of rotatable bonds is 2. The average Bonchev–Trinajstić information content (AvgIpc) is 2.28. The molecule has 18 heavy (non-hydrogen) atoms. The predicted octanol–water partition coefficient (Wildman–Crippen LogP) is 2.64. The van der Waals surface area contributed by atoms with Gasteiger partial charge in [-0.2, -0.15) is 0 Å². The predicted molar refractivity (Wildman–Crippen MR) is 75.1 cm³/mol. The van der Waals surface area contributed by atoms with E-state index in [1.54, 1.807) is 25.1 Å². The van der Waals surface area contributed by atoms with Gasteiger partial charge in [-0.25, -0.2) is 4.79 Å². The van der Waals surface area contributed by atoms with Crippen molar-refractivity contribution < 1.29 is 0 Å². The van der Waals surface area contributed by atoms with E-state index in [-0.39, 0.29) is 10.7 Å². The maximum atomic E-state index is 12.2. The van der Waals surface area contributed by atoms with Crippen LogP contribution in [0.5, 0.6) is 0 Å². The van der Waals surface area contributed by atoms with Gasteiger partial charge in [0.05, 0.1) is 5.56 Å². The fraction of sp³-hybridized carbons (Fsp3) is 0.167. The third kappa shape index (κ3) is 2.28. The van der Waals surface area contributed by atoms with Gasteiger partial charge in [-0.15, -0.1) is 0 Å². The first-order chi connectivity index (χ1) is 8.54. The van der Waals surface area contributed by atoms with E-state index in [1.165, 1.54) is 0 Å². The van der Waals surface area contributed by atoms with Crippen LogP contribution in [0.2, 0.25) is 5.15 Å². The minimum absolute atomic E-state index is 0.0628.